The summed E-state index contributed by atoms with van der Waals surface area (Å²) in [6.45, 7) is 10.3. The Morgan fingerprint density at radius 1 is 1.00 bits per heavy atom. The number of hydrogen-bond acceptors (Lipinski definition) is 4. The van der Waals surface area contributed by atoms with E-state index in [0.717, 1.165) is 27.8 Å². The highest BCUT2D eigenvalue weighted by Crippen LogP contribution is 2.28. The summed E-state index contributed by atoms with van der Waals surface area (Å²) in [5.74, 6) is 1.21. The zero-order valence-corrected chi connectivity index (χ0v) is 18.5. The van der Waals surface area contributed by atoms with Crippen LogP contribution in [0.5, 0.6) is 0 Å². The van der Waals surface area contributed by atoms with E-state index in [1.807, 2.05) is 79.6 Å². The van der Waals surface area contributed by atoms with Crippen molar-refractivity contribution >= 4 is 17.7 Å². The molecule has 1 amide bonds. The topological polar surface area (TPSA) is 51.0 Å². The first-order valence-electron chi connectivity index (χ1n) is 9.90. The molecule has 0 aliphatic carbocycles. The second kappa shape index (κ2) is 9.27. The molecule has 0 unspecified atom stereocenters. The minimum Gasteiger partial charge on any atom is -0.337 e. The number of rotatable bonds is 7. The second-order valence-corrected chi connectivity index (χ2v) is 8.57. The van der Waals surface area contributed by atoms with E-state index in [4.69, 9.17) is 0 Å². The molecular formula is C23H28N4OS. The van der Waals surface area contributed by atoms with Crippen molar-refractivity contribution in [1.82, 2.24) is 19.7 Å². The maximum atomic E-state index is 12.8. The van der Waals surface area contributed by atoms with Crippen LogP contribution in [-0.2, 0) is 4.79 Å². The molecule has 0 bridgehead atoms. The standard InChI is InChI=1S/C23H28N4OS/c1-16(2)26(17(3)4)21(28)15-29-23-25-24-22(19-11-7-6-8-12-19)27(23)20-13-9-10-18(5)14-20/h6-14,16-17H,15H2,1-5H3. The Bertz CT molecular complexity index is 958. The van der Waals surface area contributed by atoms with Crippen molar-refractivity contribution in [2.24, 2.45) is 0 Å². The average molecular weight is 409 g/mol. The fraction of sp³-hybridized carbons (Fsp3) is 0.348. The summed E-state index contributed by atoms with van der Waals surface area (Å²) >= 11 is 1.43. The quantitative estimate of drug-likeness (QED) is 0.517. The van der Waals surface area contributed by atoms with E-state index >= 15 is 0 Å². The fourth-order valence-corrected chi connectivity index (χ4v) is 4.33. The lowest BCUT2D eigenvalue weighted by Crippen LogP contribution is -2.43. The molecule has 5 nitrogen and oxygen atoms in total. The molecule has 0 spiro atoms. The van der Waals surface area contributed by atoms with Gasteiger partial charge in [0.15, 0.2) is 11.0 Å². The molecule has 2 aromatic carbocycles. The zero-order valence-electron chi connectivity index (χ0n) is 17.7. The van der Waals surface area contributed by atoms with E-state index < -0.39 is 0 Å². The molecule has 6 heteroatoms. The van der Waals surface area contributed by atoms with Gasteiger partial charge in [-0.15, -0.1) is 10.2 Å². The summed E-state index contributed by atoms with van der Waals surface area (Å²) in [7, 11) is 0. The van der Waals surface area contributed by atoms with E-state index in [0.29, 0.717) is 5.75 Å². The molecule has 1 heterocycles. The van der Waals surface area contributed by atoms with Crippen LogP contribution in [0.4, 0.5) is 0 Å². The Kier molecular flexibility index (Phi) is 6.75. The third-order valence-corrected chi connectivity index (χ3v) is 5.56. The van der Waals surface area contributed by atoms with Crippen LogP contribution in [-0.4, -0.2) is 43.4 Å². The molecule has 0 atom stereocenters. The molecule has 3 aromatic rings. The van der Waals surface area contributed by atoms with Gasteiger partial charge in [-0.25, -0.2) is 0 Å². The highest BCUT2D eigenvalue weighted by atomic mass is 32.2. The first kappa shape index (κ1) is 21.1. The van der Waals surface area contributed by atoms with Gasteiger partial charge in [0.25, 0.3) is 0 Å². The molecule has 0 saturated heterocycles. The van der Waals surface area contributed by atoms with E-state index in [1.54, 1.807) is 0 Å². The van der Waals surface area contributed by atoms with E-state index in [9.17, 15) is 4.79 Å². The van der Waals surface area contributed by atoms with Crippen LogP contribution in [0.25, 0.3) is 17.1 Å². The van der Waals surface area contributed by atoms with Crippen LogP contribution in [0.2, 0.25) is 0 Å². The average Bonchev–Trinajstić information content (AvgIpc) is 3.10. The number of benzene rings is 2. The van der Waals surface area contributed by atoms with E-state index in [2.05, 4.69) is 29.3 Å². The van der Waals surface area contributed by atoms with Crippen molar-refractivity contribution in [3.05, 3.63) is 60.2 Å². The van der Waals surface area contributed by atoms with Crippen molar-refractivity contribution in [1.29, 1.82) is 0 Å². The van der Waals surface area contributed by atoms with Crippen LogP contribution in [0.1, 0.15) is 33.3 Å². The van der Waals surface area contributed by atoms with Crippen LogP contribution >= 0.6 is 11.8 Å². The van der Waals surface area contributed by atoms with Crippen molar-refractivity contribution in [2.45, 2.75) is 51.9 Å². The van der Waals surface area contributed by atoms with Crippen LogP contribution in [0.15, 0.2) is 59.8 Å². The Morgan fingerprint density at radius 3 is 2.31 bits per heavy atom. The van der Waals surface area contributed by atoms with E-state index in [-0.39, 0.29) is 18.0 Å². The number of carbonyl (C=O) groups is 1. The summed E-state index contributed by atoms with van der Waals surface area (Å²) in [6, 6.07) is 18.6. The van der Waals surface area contributed by atoms with Gasteiger partial charge >= 0.3 is 0 Å². The number of nitrogens with zero attached hydrogens (tertiary/aromatic N) is 4. The Balaban J connectivity index is 1.95. The lowest BCUT2D eigenvalue weighted by Gasteiger charge is -2.30. The molecule has 0 aliphatic rings. The number of hydrogen-bond donors (Lipinski definition) is 0. The number of amides is 1. The maximum absolute atomic E-state index is 12.8. The SMILES string of the molecule is Cc1cccc(-n2c(SCC(=O)N(C(C)C)C(C)C)nnc2-c2ccccc2)c1. The smallest absolute Gasteiger partial charge is 0.233 e. The number of thioether (sulfide) groups is 1. The van der Waals surface area contributed by atoms with Crippen molar-refractivity contribution < 1.29 is 4.79 Å². The van der Waals surface area contributed by atoms with Gasteiger partial charge in [0.05, 0.1) is 5.75 Å². The normalized spacial score (nSPS) is 11.3. The highest BCUT2D eigenvalue weighted by Gasteiger charge is 2.22. The molecule has 3 rings (SSSR count). The largest absolute Gasteiger partial charge is 0.337 e. The predicted molar refractivity (Wildman–Crippen MR) is 119 cm³/mol. The highest BCUT2D eigenvalue weighted by molar-refractivity contribution is 7.99. The Hall–Kier alpha value is -2.60. The van der Waals surface area contributed by atoms with Gasteiger partial charge in [0.2, 0.25) is 5.91 Å². The maximum Gasteiger partial charge on any atom is 0.233 e. The third-order valence-electron chi connectivity index (χ3n) is 4.65. The summed E-state index contributed by atoms with van der Waals surface area (Å²) in [6.07, 6.45) is 0. The van der Waals surface area contributed by atoms with Gasteiger partial charge in [-0.2, -0.15) is 0 Å². The van der Waals surface area contributed by atoms with Crippen molar-refractivity contribution in [3.63, 3.8) is 0 Å². The van der Waals surface area contributed by atoms with Gasteiger partial charge < -0.3 is 4.90 Å². The minimum absolute atomic E-state index is 0.111. The second-order valence-electron chi connectivity index (χ2n) is 7.62. The number of aromatic nitrogens is 3. The van der Waals surface area contributed by atoms with Crippen molar-refractivity contribution in [3.8, 4) is 17.1 Å². The lowest BCUT2D eigenvalue weighted by atomic mass is 10.2. The van der Waals surface area contributed by atoms with Gasteiger partial charge in [-0.3, -0.25) is 9.36 Å². The first-order valence-corrected chi connectivity index (χ1v) is 10.9. The molecule has 0 aliphatic heterocycles. The molecule has 152 valence electrons. The minimum atomic E-state index is 0.111. The predicted octanol–water partition coefficient (Wildman–Crippen LogP) is 4.98. The van der Waals surface area contributed by atoms with Crippen molar-refractivity contribution in [2.75, 3.05) is 5.75 Å². The summed E-state index contributed by atoms with van der Waals surface area (Å²) < 4.78 is 2.04. The van der Waals surface area contributed by atoms with Crippen LogP contribution in [0, 0.1) is 6.92 Å². The number of aryl methyl sites for hydroxylation is 1. The van der Waals surface area contributed by atoms with Crippen LogP contribution in [0.3, 0.4) is 0 Å². The molecule has 0 radical (unpaired) electrons. The Morgan fingerprint density at radius 2 is 1.69 bits per heavy atom. The molecule has 1 aromatic heterocycles. The fourth-order valence-electron chi connectivity index (χ4n) is 3.51. The monoisotopic (exact) mass is 408 g/mol. The summed E-state index contributed by atoms with van der Waals surface area (Å²) in [5, 5.41) is 9.60. The lowest BCUT2D eigenvalue weighted by molar-refractivity contribution is -0.131. The Labute approximate surface area is 177 Å². The van der Waals surface area contributed by atoms with Gasteiger partial charge in [0.1, 0.15) is 0 Å². The third kappa shape index (κ3) is 4.88. The summed E-state index contributed by atoms with van der Waals surface area (Å²) in [4.78, 5) is 14.7. The van der Waals surface area contributed by atoms with Gasteiger partial charge in [0, 0.05) is 23.3 Å². The molecular weight excluding hydrogens is 380 g/mol. The van der Waals surface area contributed by atoms with Gasteiger partial charge in [-0.1, -0.05) is 54.2 Å². The zero-order chi connectivity index (χ0) is 21.0. The molecule has 0 fully saturated rings. The van der Waals surface area contributed by atoms with Crippen LogP contribution < -0.4 is 0 Å². The van der Waals surface area contributed by atoms with E-state index in [1.165, 1.54) is 11.8 Å². The van der Waals surface area contributed by atoms with Gasteiger partial charge in [-0.05, 0) is 52.3 Å². The molecule has 0 saturated carbocycles. The summed E-state index contributed by atoms with van der Waals surface area (Å²) in [5.41, 5.74) is 3.15. The number of carbonyl (C=O) groups excluding carboxylic acids is 1. The first-order chi connectivity index (χ1) is 13.9. The molecule has 0 N–H and O–H groups in total. The molecule has 29 heavy (non-hydrogen) atoms.